The highest BCUT2D eigenvalue weighted by molar-refractivity contribution is 5.98. The van der Waals surface area contributed by atoms with E-state index in [2.05, 4.69) is 15.0 Å². The number of carbonyl (C=O) groups excluding carboxylic acids is 1. The summed E-state index contributed by atoms with van der Waals surface area (Å²) in [6.07, 6.45) is 7.64. The molecule has 0 spiro atoms. The zero-order valence-corrected chi connectivity index (χ0v) is 12.7. The van der Waals surface area contributed by atoms with Crippen LogP contribution in [0.3, 0.4) is 0 Å². The van der Waals surface area contributed by atoms with E-state index in [1.54, 1.807) is 25.6 Å². The van der Waals surface area contributed by atoms with Gasteiger partial charge >= 0.3 is 0 Å². The fourth-order valence-corrected chi connectivity index (χ4v) is 1.95. The van der Waals surface area contributed by atoms with E-state index in [0.29, 0.717) is 12.4 Å². The maximum Gasteiger partial charge on any atom is 0.231 e. The smallest absolute Gasteiger partial charge is 0.231 e. The molecular formula is C16H19N5O. The molecule has 0 fully saturated rings. The van der Waals surface area contributed by atoms with E-state index in [0.717, 1.165) is 11.1 Å². The summed E-state index contributed by atoms with van der Waals surface area (Å²) in [7, 11) is 1.63. The molecule has 1 unspecified atom stereocenters. The van der Waals surface area contributed by atoms with Gasteiger partial charge in [0.15, 0.2) is 5.96 Å². The third-order valence-electron chi connectivity index (χ3n) is 3.22. The minimum atomic E-state index is 0.0417. The van der Waals surface area contributed by atoms with E-state index in [4.69, 9.17) is 5.73 Å². The van der Waals surface area contributed by atoms with Gasteiger partial charge in [0, 0.05) is 43.8 Å². The van der Waals surface area contributed by atoms with Crippen molar-refractivity contribution >= 4 is 11.9 Å². The number of nitrogens with zero attached hydrogens (tertiary/aromatic N) is 4. The monoisotopic (exact) mass is 297 g/mol. The molecule has 114 valence electrons. The fourth-order valence-electron chi connectivity index (χ4n) is 1.95. The first kappa shape index (κ1) is 15.6. The van der Waals surface area contributed by atoms with E-state index in [1.165, 1.54) is 4.90 Å². The molecule has 0 radical (unpaired) electrons. The lowest BCUT2D eigenvalue weighted by molar-refractivity contribution is -0.127. The van der Waals surface area contributed by atoms with Gasteiger partial charge < -0.3 is 5.73 Å². The number of aromatic nitrogens is 2. The molecule has 6 nitrogen and oxygen atoms in total. The number of nitrogens with two attached hydrogens (primary N) is 1. The first-order chi connectivity index (χ1) is 10.6. The van der Waals surface area contributed by atoms with Gasteiger partial charge in [0.1, 0.15) is 0 Å². The lowest BCUT2D eigenvalue weighted by Crippen LogP contribution is -2.44. The van der Waals surface area contributed by atoms with Crippen molar-refractivity contribution in [2.75, 3.05) is 7.05 Å². The summed E-state index contributed by atoms with van der Waals surface area (Å²) in [6, 6.07) is 7.94. The van der Waals surface area contributed by atoms with Crippen molar-refractivity contribution < 1.29 is 4.79 Å². The SMILES string of the molecule is CC1CC(=O)N(C)C(N)=N1.c1cncc(-c2ccncc2)c1. The van der Waals surface area contributed by atoms with Gasteiger partial charge in [-0.15, -0.1) is 0 Å². The van der Waals surface area contributed by atoms with Gasteiger partial charge in [-0.3, -0.25) is 19.7 Å². The zero-order chi connectivity index (χ0) is 15.9. The number of carbonyl (C=O) groups is 1. The molecule has 0 aliphatic carbocycles. The predicted molar refractivity (Wildman–Crippen MR) is 85.9 cm³/mol. The van der Waals surface area contributed by atoms with Crippen molar-refractivity contribution in [3.8, 4) is 11.1 Å². The van der Waals surface area contributed by atoms with Gasteiger partial charge in [-0.05, 0) is 30.7 Å². The van der Waals surface area contributed by atoms with Crippen LogP contribution in [0, 0.1) is 0 Å². The number of aliphatic imine (C=N–C) groups is 1. The molecule has 1 aliphatic heterocycles. The Labute approximate surface area is 129 Å². The van der Waals surface area contributed by atoms with Gasteiger partial charge in [0.2, 0.25) is 5.91 Å². The Hall–Kier alpha value is -2.76. The number of rotatable bonds is 1. The largest absolute Gasteiger partial charge is 0.369 e. The minimum absolute atomic E-state index is 0.0417. The number of guanidine groups is 1. The van der Waals surface area contributed by atoms with Crippen molar-refractivity contribution in [1.82, 2.24) is 14.9 Å². The minimum Gasteiger partial charge on any atom is -0.369 e. The van der Waals surface area contributed by atoms with Gasteiger partial charge in [0.05, 0.1) is 6.04 Å². The number of hydrogen-bond donors (Lipinski definition) is 1. The quantitative estimate of drug-likeness (QED) is 0.868. The van der Waals surface area contributed by atoms with Crippen molar-refractivity contribution in [3.63, 3.8) is 0 Å². The van der Waals surface area contributed by atoms with E-state index < -0.39 is 0 Å². The highest BCUT2D eigenvalue weighted by Crippen LogP contribution is 2.15. The highest BCUT2D eigenvalue weighted by atomic mass is 16.2. The Balaban J connectivity index is 0.000000164. The lowest BCUT2D eigenvalue weighted by Gasteiger charge is -2.23. The molecule has 0 bridgehead atoms. The topological polar surface area (TPSA) is 84.5 Å². The Morgan fingerprint density at radius 2 is 1.86 bits per heavy atom. The molecule has 2 N–H and O–H groups in total. The molecule has 1 aliphatic rings. The maximum atomic E-state index is 11.0. The molecule has 3 heterocycles. The second kappa shape index (κ2) is 7.31. The normalized spacial score (nSPS) is 17.4. The van der Waals surface area contributed by atoms with E-state index in [9.17, 15) is 4.79 Å². The van der Waals surface area contributed by atoms with Crippen molar-refractivity contribution in [1.29, 1.82) is 0 Å². The van der Waals surface area contributed by atoms with E-state index >= 15 is 0 Å². The molecule has 22 heavy (non-hydrogen) atoms. The van der Waals surface area contributed by atoms with Gasteiger partial charge in [-0.2, -0.15) is 0 Å². The second-order valence-electron chi connectivity index (χ2n) is 4.97. The van der Waals surface area contributed by atoms with Gasteiger partial charge in [0.25, 0.3) is 0 Å². The molecule has 2 aromatic heterocycles. The van der Waals surface area contributed by atoms with Crippen LogP contribution in [0.25, 0.3) is 11.1 Å². The first-order valence-electron chi connectivity index (χ1n) is 6.98. The number of amides is 1. The van der Waals surface area contributed by atoms with Crippen LogP contribution in [0.1, 0.15) is 13.3 Å². The Morgan fingerprint density at radius 3 is 2.45 bits per heavy atom. The van der Waals surface area contributed by atoms with E-state index in [-0.39, 0.29) is 11.9 Å². The van der Waals surface area contributed by atoms with E-state index in [1.807, 2.05) is 37.4 Å². The molecule has 1 amide bonds. The Morgan fingerprint density at radius 1 is 1.14 bits per heavy atom. The van der Waals surface area contributed by atoms with Crippen LogP contribution in [0.2, 0.25) is 0 Å². The maximum absolute atomic E-state index is 11.0. The van der Waals surface area contributed by atoms with Crippen LogP contribution in [-0.2, 0) is 4.79 Å². The first-order valence-corrected chi connectivity index (χ1v) is 6.98. The molecule has 3 rings (SSSR count). The third kappa shape index (κ3) is 4.12. The number of hydrogen-bond acceptors (Lipinski definition) is 5. The van der Waals surface area contributed by atoms with Crippen LogP contribution >= 0.6 is 0 Å². The van der Waals surface area contributed by atoms with Crippen molar-refractivity contribution in [2.24, 2.45) is 10.7 Å². The second-order valence-corrected chi connectivity index (χ2v) is 4.97. The van der Waals surface area contributed by atoms with Gasteiger partial charge in [-0.1, -0.05) is 6.07 Å². The summed E-state index contributed by atoms with van der Waals surface area (Å²) in [5.41, 5.74) is 7.69. The third-order valence-corrected chi connectivity index (χ3v) is 3.22. The van der Waals surface area contributed by atoms with Crippen molar-refractivity contribution in [2.45, 2.75) is 19.4 Å². The average Bonchev–Trinajstić information content (AvgIpc) is 2.55. The predicted octanol–water partition coefficient (Wildman–Crippen LogP) is 1.70. The lowest BCUT2D eigenvalue weighted by atomic mass is 10.1. The molecule has 6 heteroatoms. The highest BCUT2D eigenvalue weighted by Gasteiger charge is 2.20. The molecule has 0 aromatic carbocycles. The zero-order valence-electron chi connectivity index (χ0n) is 12.7. The van der Waals surface area contributed by atoms with Crippen LogP contribution in [0.4, 0.5) is 0 Å². The fraction of sp³-hybridized carbons (Fsp3) is 0.250. The molecular weight excluding hydrogens is 278 g/mol. The summed E-state index contributed by atoms with van der Waals surface area (Å²) in [5.74, 6) is 0.365. The van der Waals surface area contributed by atoms with Gasteiger partial charge in [-0.25, -0.2) is 4.99 Å². The Bertz CT molecular complexity index is 605. The van der Waals surface area contributed by atoms with Crippen LogP contribution in [0.15, 0.2) is 54.0 Å². The summed E-state index contributed by atoms with van der Waals surface area (Å²) in [6.45, 7) is 1.87. The molecule has 1 atom stereocenters. The molecule has 0 saturated carbocycles. The van der Waals surface area contributed by atoms with Crippen LogP contribution < -0.4 is 5.73 Å². The van der Waals surface area contributed by atoms with Crippen molar-refractivity contribution in [3.05, 3.63) is 49.1 Å². The summed E-state index contributed by atoms with van der Waals surface area (Å²) in [5, 5.41) is 0. The summed E-state index contributed by atoms with van der Waals surface area (Å²) in [4.78, 5) is 24.4. The number of pyridine rings is 2. The average molecular weight is 297 g/mol. The standard InChI is InChI=1S/C10H8N2.C6H11N3O/c1-2-10(8-12-5-1)9-3-6-11-7-4-9;1-4-3-5(10)9(2)6(7)8-4/h1-8H;4H,3H2,1-2H3,(H2,7,8). The van der Waals surface area contributed by atoms with Crippen LogP contribution in [0.5, 0.6) is 0 Å². The molecule has 0 saturated heterocycles. The van der Waals surface area contributed by atoms with Crippen LogP contribution in [-0.4, -0.2) is 39.8 Å². The Kier molecular flexibility index (Phi) is 5.19. The summed E-state index contributed by atoms with van der Waals surface area (Å²) >= 11 is 0. The molecule has 2 aromatic rings. The summed E-state index contributed by atoms with van der Waals surface area (Å²) < 4.78 is 0.